The molecule has 0 bridgehead atoms. The minimum absolute atomic E-state index is 0.551. The molecule has 0 fully saturated rings. The van der Waals surface area contributed by atoms with Gasteiger partial charge in [0, 0.05) is 25.7 Å². The average Bonchev–Trinajstić information content (AvgIpc) is 2.60. The molecular weight excluding hydrogens is 162 g/mol. The number of aryl methyl sites for hydroxylation is 1. The summed E-state index contributed by atoms with van der Waals surface area (Å²) in [6.07, 6.45) is 11.8. The number of rotatable bonds is 5. The quantitative estimate of drug-likeness (QED) is 0.541. The minimum Gasteiger partial charge on any atom is -0.333 e. The number of nitrogens with two attached hydrogens (primary N) is 1. The first-order valence-electron chi connectivity index (χ1n) is 4.51. The van der Waals surface area contributed by atoms with Crippen molar-refractivity contribution in [3.63, 3.8) is 0 Å². The molecule has 0 spiro atoms. The van der Waals surface area contributed by atoms with Gasteiger partial charge in [0.2, 0.25) is 0 Å². The summed E-state index contributed by atoms with van der Waals surface area (Å²) in [4.78, 5) is 4.03. The third-order valence-electron chi connectivity index (χ3n) is 1.98. The summed E-state index contributed by atoms with van der Waals surface area (Å²) in [7, 11) is 0. The van der Waals surface area contributed by atoms with Crippen LogP contribution in [-0.4, -0.2) is 9.55 Å². The zero-order valence-corrected chi connectivity index (χ0v) is 7.74. The molecule has 1 aromatic heterocycles. The molecule has 1 rings (SSSR count). The van der Waals surface area contributed by atoms with Crippen molar-refractivity contribution in [2.75, 3.05) is 0 Å². The summed E-state index contributed by atoms with van der Waals surface area (Å²) in [5.74, 6) is 2.63. The van der Waals surface area contributed by atoms with Gasteiger partial charge in [-0.1, -0.05) is 0 Å². The lowest BCUT2D eigenvalue weighted by molar-refractivity contribution is 0.597. The van der Waals surface area contributed by atoms with Crippen LogP contribution in [0.1, 0.15) is 25.0 Å². The summed E-state index contributed by atoms with van der Waals surface area (Å²) in [5, 5.41) is 0. The van der Waals surface area contributed by atoms with E-state index in [1.165, 1.54) is 0 Å². The predicted molar refractivity (Wildman–Crippen MR) is 52.8 cm³/mol. The maximum Gasteiger partial charge on any atom is 0.0948 e. The summed E-state index contributed by atoms with van der Waals surface area (Å²) >= 11 is 0. The van der Waals surface area contributed by atoms with E-state index in [9.17, 15) is 0 Å². The van der Waals surface area contributed by atoms with Gasteiger partial charge >= 0.3 is 0 Å². The van der Waals surface area contributed by atoms with Gasteiger partial charge < -0.3 is 10.3 Å². The van der Waals surface area contributed by atoms with Gasteiger partial charge in [0.1, 0.15) is 0 Å². The van der Waals surface area contributed by atoms with E-state index in [1.807, 2.05) is 6.33 Å². The number of aromatic nitrogens is 2. The zero-order chi connectivity index (χ0) is 9.52. The lowest BCUT2D eigenvalue weighted by atomic mass is 10.2. The van der Waals surface area contributed by atoms with Gasteiger partial charge in [0.15, 0.2) is 0 Å². The highest BCUT2D eigenvalue weighted by atomic mass is 15.0. The molecule has 3 heteroatoms. The molecule has 70 valence electrons. The molecular formula is C10H15N3. The van der Waals surface area contributed by atoms with Crippen LogP contribution < -0.4 is 5.73 Å². The van der Waals surface area contributed by atoms with Gasteiger partial charge in [-0.05, 0) is 12.8 Å². The van der Waals surface area contributed by atoms with E-state index in [2.05, 4.69) is 15.5 Å². The van der Waals surface area contributed by atoms with Crippen LogP contribution in [0.5, 0.6) is 0 Å². The van der Waals surface area contributed by atoms with Crippen LogP contribution in [0.4, 0.5) is 0 Å². The SMILES string of the molecule is C#CCCCCn1cncc1CN. The fourth-order valence-corrected chi connectivity index (χ4v) is 1.23. The van der Waals surface area contributed by atoms with Crippen molar-refractivity contribution in [1.29, 1.82) is 0 Å². The second kappa shape index (κ2) is 5.39. The average molecular weight is 177 g/mol. The number of unbranched alkanes of at least 4 members (excludes halogenated alkanes) is 2. The highest BCUT2D eigenvalue weighted by Gasteiger charge is 1.98. The molecule has 0 unspecified atom stereocenters. The lowest BCUT2D eigenvalue weighted by Gasteiger charge is -2.04. The van der Waals surface area contributed by atoms with Crippen molar-refractivity contribution in [2.24, 2.45) is 5.73 Å². The van der Waals surface area contributed by atoms with Crippen molar-refractivity contribution in [3.05, 3.63) is 18.2 Å². The monoisotopic (exact) mass is 177 g/mol. The summed E-state index contributed by atoms with van der Waals surface area (Å²) in [6.45, 7) is 1.52. The van der Waals surface area contributed by atoms with Crippen molar-refractivity contribution < 1.29 is 0 Å². The smallest absolute Gasteiger partial charge is 0.0948 e. The van der Waals surface area contributed by atoms with Gasteiger partial charge in [-0.2, -0.15) is 0 Å². The summed E-state index contributed by atoms with van der Waals surface area (Å²) < 4.78 is 2.08. The predicted octanol–water partition coefficient (Wildman–Crippen LogP) is 1.15. The van der Waals surface area contributed by atoms with E-state index in [1.54, 1.807) is 6.20 Å². The molecule has 0 radical (unpaired) electrons. The molecule has 1 heterocycles. The molecule has 13 heavy (non-hydrogen) atoms. The van der Waals surface area contributed by atoms with Gasteiger partial charge in [0.25, 0.3) is 0 Å². The Bertz CT molecular complexity index is 283. The van der Waals surface area contributed by atoms with Gasteiger partial charge in [-0.15, -0.1) is 12.3 Å². The molecule has 0 aliphatic rings. The Labute approximate surface area is 79.0 Å². The molecule has 0 saturated heterocycles. The van der Waals surface area contributed by atoms with Crippen molar-refractivity contribution in [1.82, 2.24) is 9.55 Å². The van der Waals surface area contributed by atoms with Crippen LogP contribution in [0.2, 0.25) is 0 Å². The van der Waals surface area contributed by atoms with Gasteiger partial charge in [-0.25, -0.2) is 4.98 Å². The van der Waals surface area contributed by atoms with Crippen LogP contribution in [0.25, 0.3) is 0 Å². The Morgan fingerprint density at radius 3 is 3.08 bits per heavy atom. The molecule has 0 atom stereocenters. The Morgan fingerprint density at radius 1 is 1.54 bits per heavy atom. The Kier molecular flexibility index (Phi) is 4.07. The third kappa shape index (κ3) is 2.92. The van der Waals surface area contributed by atoms with Crippen molar-refractivity contribution >= 4 is 0 Å². The second-order valence-electron chi connectivity index (χ2n) is 2.94. The maximum absolute atomic E-state index is 5.53. The van der Waals surface area contributed by atoms with Gasteiger partial charge in [0.05, 0.1) is 12.0 Å². The van der Waals surface area contributed by atoms with Crippen LogP contribution >= 0.6 is 0 Å². The first kappa shape index (κ1) is 9.82. The highest BCUT2D eigenvalue weighted by molar-refractivity contribution is 4.97. The normalized spacial score (nSPS) is 9.85. The van der Waals surface area contributed by atoms with Crippen LogP contribution in [0.15, 0.2) is 12.5 Å². The van der Waals surface area contributed by atoms with E-state index < -0.39 is 0 Å². The Hall–Kier alpha value is -1.27. The number of nitrogens with zero attached hydrogens (tertiary/aromatic N) is 2. The topological polar surface area (TPSA) is 43.8 Å². The van der Waals surface area contributed by atoms with Crippen LogP contribution in [0, 0.1) is 12.3 Å². The van der Waals surface area contributed by atoms with E-state index in [0.717, 1.165) is 31.5 Å². The number of hydrogen-bond donors (Lipinski definition) is 1. The maximum atomic E-state index is 5.53. The minimum atomic E-state index is 0.551. The molecule has 3 nitrogen and oxygen atoms in total. The van der Waals surface area contributed by atoms with Gasteiger partial charge in [-0.3, -0.25) is 0 Å². The number of imidazole rings is 1. The molecule has 0 saturated carbocycles. The van der Waals surface area contributed by atoms with Crippen LogP contribution in [0.3, 0.4) is 0 Å². The van der Waals surface area contributed by atoms with E-state index >= 15 is 0 Å². The molecule has 0 aromatic carbocycles. The second-order valence-corrected chi connectivity index (χ2v) is 2.94. The molecule has 0 aliphatic heterocycles. The van der Waals surface area contributed by atoms with Crippen molar-refractivity contribution in [3.8, 4) is 12.3 Å². The molecule has 0 aliphatic carbocycles. The lowest BCUT2D eigenvalue weighted by Crippen LogP contribution is -2.06. The van der Waals surface area contributed by atoms with E-state index in [-0.39, 0.29) is 0 Å². The first-order valence-corrected chi connectivity index (χ1v) is 4.51. The molecule has 2 N–H and O–H groups in total. The van der Waals surface area contributed by atoms with Crippen LogP contribution in [-0.2, 0) is 13.1 Å². The largest absolute Gasteiger partial charge is 0.333 e. The Balaban J connectivity index is 2.32. The van der Waals surface area contributed by atoms with Crippen molar-refractivity contribution in [2.45, 2.75) is 32.4 Å². The molecule has 0 amide bonds. The zero-order valence-electron chi connectivity index (χ0n) is 7.74. The Morgan fingerprint density at radius 2 is 2.38 bits per heavy atom. The fourth-order valence-electron chi connectivity index (χ4n) is 1.23. The standard InChI is InChI=1S/C10H15N3/c1-2-3-4-5-6-13-9-12-8-10(13)7-11/h1,8-9H,3-7,11H2. The fraction of sp³-hybridized carbons (Fsp3) is 0.500. The highest BCUT2D eigenvalue weighted by Crippen LogP contribution is 2.02. The summed E-state index contributed by atoms with van der Waals surface area (Å²) in [5.41, 5.74) is 6.62. The third-order valence-corrected chi connectivity index (χ3v) is 1.98. The number of terminal acetylenes is 1. The summed E-state index contributed by atoms with van der Waals surface area (Å²) in [6, 6.07) is 0. The van der Waals surface area contributed by atoms with E-state index in [0.29, 0.717) is 6.54 Å². The number of hydrogen-bond acceptors (Lipinski definition) is 2. The molecule has 1 aromatic rings. The first-order chi connectivity index (χ1) is 6.38. The van der Waals surface area contributed by atoms with E-state index in [4.69, 9.17) is 12.2 Å².